The Morgan fingerprint density at radius 3 is 2.57 bits per heavy atom. The van der Waals surface area contributed by atoms with Gasteiger partial charge in [-0.25, -0.2) is 9.79 Å². The van der Waals surface area contributed by atoms with E-state index in [1.165, 1.54) is 30.6 Å². The van der Waals surface area contributed by atoms with Gasteiger partial charge in [0.1, 0.15) is 6.61 Å². The van der Waals surface area contributed by atoms with Gasteiger partial charge in [0.05, 0.1) is 40.5 Å². The number of aromatic nitrogens is 1. The van der Waals surface area contributed by atoms with Crippen LogP contribution in [0.3, 0.4) is 0 Å². The van der Waals surface area contributed by atoms with Gasteiger partial charge >= 0.3 is 5.97 Å². The quantitative estimate of drug-likeness (QED) is 0.133. The van der Waals surface area contributed by atoms with Crippen molar-refractivity contribution >= 4 is 45.0 Å². The molecular weight excluding hydrogens is 650 g/mol. The SMILES string of the molecule is CCOC(=O)C1=C(C)N=c2s/c(=C/c3cc(OC)c(OCc4cccc([N+](=O)[O-])c4)cc3Br)c(=O)n2[C@H]1c1ccc(C)cc1. The molecule has 5 rings (SSSR count). The molecule has 0 aliphatic carbocycles. The molecular formula is C32H28BrN3O7S. The highest BCUT2D eigenvalue weighted by Crippen LogP contribution is 2.35. The molecule has 0 amide bonds. The van der Waals surface area contributed by atoms with E-state index in [0.29, 0.717) is 47.7 Å². The molecule has 0 fully saturated rings. The molecule has 1 aromatic heterocycles. The number of hydrogen-bond donors (Lipinski definition) is 0. The van der Waals surface area contributed by atoms with Crippen LogP contribution in [0.2, 0.25) is 0 Å². The Labute approximate surface area is 264 Å². The first kappa shape index (κ1) is 30.9. The number of thiazole rings is 1. The minimum absolute atomic E-state index is 0.0229. The lowest BCUT2D eigenvalue weighted by atomic mass is 9.95. The molecule has 226 valence electrons. The lowest BCUT2D eigenvalue weighted by Crippen LogP contribution is -2.39. The van der Waals surface area contributed by atoms with Crippen molar-refractivity contribution in [2.24, 2.45) is 4.99 Å². The summed E-state index contributed by atoms with van der Waals surface area (Å²) in [7, 11) is 1.50. The Bertz CT molecular complexity index is 1980. The molecule has 44 heavy (non-hydrogen) atoms. The van der Waals surface area contributed by atoms with E-state index in [4.69, 9.17) is 14.2 Å². The van der Waals surface area contributed by atoms with Gasteiger partial charge < -0.3 is 14.2 Å². The van der Waals surface area contributed by atoms with Crippen molar-refractivity contribution in [3.63, 3.8) is 0 Å². The van der Waals surface area contributed by atoms with Gasteiger partial charge in [-0.05, 0) is 55.7 Å². The van der Waals surface area contributed by atoms with Gasteiger partial charge in [0.15, 0.2) is 16.3 Å². The number of halogens is 1. The number of fused-ring (bicyclic) bond motifs is 1. The second-order valence-corrected chi connectivity index (χ2v) is 11.8. The summed E-state index contributed by atoms with van der Waals surface area (Å²) >= 11 is 4.80. The van der Waals surface area contributed by atoms with Crippen molar-refractivity contribution in [3.8, 4) is 11.5 Å². The fourth-order valence-electron chi connectivity index (χ4n) is 4.85. The zero-order chi connectivity index (χ0) is 31.5. The van der Waals surface area contributed by atoms with E-state index in [2.05, 4.69) is 20.9 Å². The van der Waals surface area contributed by atoms with E-state index in [1.54, 1.807) is 48.8 Å². The first-order chi connectivity index (χ1) is 21.1. The minimum atomic E-state index is -0.699. The fourth-order valence-corrected chi connectivity index (χ4v) is 6.33. The molecule has 1 aliphatic heterocycles. The number of allylic oxidation sites excluding steroid dienone is 1. The predicted molar refractivity (Wildman–Crippen MR) is 170 cm³/mol. The predicted octanol–water partition coefficient (Wildman–Crippen LogP) is 5.37. The normalized spacial score (nSPS) is 14.6. The van der Waals surface area contributed by atoms with Crippen molar-refractivity contribution in [1.29, 1.82) is 0 Å². The van der Waals surface area contributed by atoms with Crippen LogP contribution in [-0.2, 0) is 16.1 Å². The van der Waals surface area contributed by atoms with Crippen LogP contribution >= 0.6 is 27.3 Å². The van der Waals surface area contributed by atoms with Crippen LogP contribution in [0.1, 0.15) is 42.1 Å². The smallest absolute Gasteiger partial charge is 0.338 e. The first-order valence-electron chi connectivity index (χ1n) is 13.6. The third-order valence-electron chi connectivity index (χ3n) is 7.00. The lowest BCUT2D eigenvalue weighted by molar-refractivity contribution is -0.384. The Kier molecular flexibility index (Phi) is 9.12. The Morgan fingerprint density at radius 2 is 1.89 bits per heavy atom. The van der Waals surface area contributed by atoms with Crippen molar-refractivity contribution in [1.82, 2.24) is 4.57 Å². The molecule has 1 aliphatic rings. The molecule has 0 N–H and O–H groups in total. The molecule has 0 unspecified atom stereocenters. The maximum absolute atomic E-state index is 14.0. The van der Waals surface area contributed by atoms with E-state index >= 15 is 0 Å². The van der Waals surface area contributed by atoms with Crippen LogP contribution in [0.25, 0.3) is 6.08 Å². The number of non-ortho nitro benzene ring substituents is 1. The minimum Gasteiger partial charge on any atom is -0.493 e. The zero-order valence-corrected chi connectivity index (χ0v) is 26.7. The van der Waals surface area contributed by atoms with E-state index in [0.717, 1.165) is 11.1 Å². The summed E-state index contributed by atoms with van der Waals surface area (Å²) in [6.45, 7) is 5.74. The van der Waals surface area contributed by atoms with E-state index in [1.807, 2.05) is 31.2 Å². The number of ether oxygens (including phenoxy) is 3. The second-order valence-electron chi connectivity index (χ2n) is 9.95. The number of benzene rings is 3. The lowest BCUT2D eigenvalue weighted by Gasteiger charge is -2.24. The number of nitrogens with zero attached hydrogens (tertiary/aromatic N) is 3. The Morgan fingerprint density at radius 1 is 1.14 bits per heavy atom. The molecule has 0 bridgehead atoms. The maximum atomic E-state index is 14.0. The van der Waals surface area contributed by atoms with Gasteiger partial charge in [-0.2, -0.15) is 0 Å². The fraction of sp³-hybridized carbons (Fsp3) is 0.219. The van der Waals surface area contributed by atoms with Gasteiger partial charge in [-0.15, -0.1) is 0 Å². The summed E-state index contributed by atoms with van der Waals surface area (Å²) in [5.74, 6) is 0.316. The van der Waals surface area contributed by atoms with Crippen LogP contribution < -0.4 is 24.4 Å². The summed E-state index contributed by atoms with van der Waals surface area (Å²) in [6, 6.07) is 16.7. The number of nitro groups is 1. The molecule has 3 aromatic carbocycles. The monoisotopic (exact) mass is 677 g/mol. The summed E-state index contributed by atoms with van der Waals surface area (Å²) in [5.41, 5.74) is 3.60. The van der Waals surface area contributed by atoms with Crippen LogP contribution in [-0.4, -0.2) is 29.2 Å². The Balaban J connectivity index is 1.55. The average Bonchev–Trinajstić information content (AvgIpc) is 3.30. The molecule has 0 saturated heterocycles. The molecule has 2 heterocycles. The van der Waals surface area contributed by atoms with Crippen molar-refractivity contribution in [3.05, 3.63) is 128 Å². The second kappa shape index (κ2) is 13.0. The number of carbonyl (C=O) groups is 1. The number of esters is 1. The maximum Gasteiger partial charge on any atom is 0.338 e. The molecule has 10 nitrogen and oxygen atoms in total. The van der Waals surface area contributed by atoms with Gasteiger partial charge in [0.25, 0.3) is 11.2 Å². The van der Waals surface area contributed by atoms with Gasteiger partial charge in [-0.3, -0.25) is 19.5 Å². The summed E-state index contributed by atoms with van der Waals surface area (Å²) in [5, 5.41) is 11.1. The number of carbonyl (C=O) groups excluding carboxylic acids is 1. The van der Waals surface area contributed by atoms with Crippen LogP contribution in [0.4, 0.5) is 5.69 Å². The van der Waals surface area contributed by atoms with Gasteiger partial charge in [0.2, 0.25) is 0 Å². The summed E-state index contributed by atoms with van der Waals surface area (Å²) in [6.07, 6.45) is 1.73. The van der Waals surface area contributed by atoms with E-state index in [-0.39, 0.29) is 24.5 Å². The Hall–Kier alpha value is -4.55. The molecule has 0 saturated carbocycles. The van der Waals surface area contributed by atoms with Crippen LogP contribution in [0, 0.1) is 17.0 Å². The summed E-state index contributed by atoms with van der Waals surface area (Å²) in [4.78, 5) is 42.8. The van der Waals surface area contributed by atoms with E-state index in [9.17, 15) is 19.7 Å². The molecule has 0 spiro atoms. The van der Waals surface area contributed by atoms with Gasteiger partial charge in [0, 0.05) is 16.6 Å². The highest BCUT2D eigenvalue weighted by atomic mass is 79.9. The van der Waals surface area contributed by atoms with Crippen molar-refractivity contribution < 1.29 is 23.9 Å². The van der Waals surface area contributed by atoms with Gasteiger partial charge in [-0.1, -0.05) is 69.2 Å². The number of hydrogen-bond acceptors (Lipinski definition) is 9. The molecule has 0 radical (unpaired) electrons. The van der Waals surface area contributed by atoms with Crippen LogP contribution in [0.15, 0.2) is 86.2 Å². The summed E-state index contributed by atoms with van der Waals surface area (Å²) < 4.78 is 19.5. The van der Waals surface area contributed by atoms with Crippen molar-refractivity contribution in [2.75, 3.05) is 13.7 Å². The highest BCUT2D eigenvalue weighted by Gasteiger charge is 2.33. The number of aryl methyl sites for hydroxylation is 1. The van der Waals surface area contributed by atoms with E-state index < -0.39 is 16.9 Å². The van der Waals surface area contributed by atoms with Crippen LogP contribution in [0.5, 0.6) is 11.5 Å². The number of nitro benzene ring substituents is 1. The third kappa shape index (κ3) is 6.22. The largest absolute Gasteiger partial charge is 0.493 e. The topological polar surface area (TPSA) is 122 Å². The third-order valence-corrected chi connectivity index (χ3v) is 8.67. The zero-order valence-electron chi connectivity index (χ0n) is 24.3. The molecule has 1 atom stereocenters. The van der Waals surface area contributed by atoms with Crippen molar-refractivity contribution in [2.45, 2.75) is 33.4 Å². The standard InChI is InChI=1S/C32H28BrN3O7S/c1-5-42-31(38)28-19(3)34-32-35(29(28)21-11-9-18(2)10-12-21)30(37)27(44-32)15-22-14-25(41-4)26(16-24(22)33)43-17-20-7-6-8-23(13-20)36(39)40/h6-16,29H,5,17H2,1-4H3/b27-15+/t29-/m0/s1. The molecule has 12 heteroatoms. The first-order valence-corrected chi connectivity index (χ1v) is 15.2. The number of rotatable bonds is 9. The highest BCUT2D eigenvalue weighted by molar-refractivity contribution is 9.10. The average molecular weight is 679 g/mol. The number of methoxy groups -OCH3 is 1. The molecule has 4 aromatic rings.